The first kappa shape index (κ1) is 30.9. The van der Waals surface area contributed by atoms with E-state index in [0.29, 0.717) is 18.5 Å². The van der Waals surface area contributed by atoms with Crippen LogP contribution in [0.25, 0.3) is 0 Å². The number of alkyl carbamates (subject to hydrolysis) is 1. The number of rotatable bonds is 12. The summed E-state index contributed by atoms with van der Waals surface area (Å²) >= 11 is 0. The summed E-state index contributed by atoms with van der Waals surface area (Å²) in [5.74, 6) is -1.66. The third-order valence-electron chi connectivity index (χ3n) is 5.79. The standard InChI is InChI=1S/C27H44N4O5/c1-9-11-14-29-24(33)23(20-13-12-17(3)15-18(20)4)31(19(5)10-2)25(34)21(16-22(28)32)30-26(35)36-27(6,7)8/h12-13,15,19,21,23H,9-11,14,16H2,1-8H3,(H2,28,32)(H,29,33)(H,30,35). The van der Waals surface area contributed by atoms with Crippen molar-refractivity contribution in [1.29, 1.82) is 0 Å². The zero-order valence-corrected chi connectivity index (χ0v) is 23.1. The zero-order chi connectivity index (χ0) is 27.6. The van der Waals surface area contributed by atoms with Crippen molar-refractivity contribution in [2.24, 2.45) is 5.73 Å². The van der Waals surface area contributed by atoms with Gasteiger partial charge in [-0.2, -0.15) is 0 Å². The molecule has 4 N–H and O–H groups in total. The monoisotopic (exact) mass is 504 g/mol. The number of nitrogens with zero attached hydrogens (tertiary/aromatic N) is 1. The highest BCUT2D eigenvalue weighted by atomic mass is 16.6. The molecule has 9 nitrogen and oxygen atoms in total. The molecule has 202 valence electrons. The molecule has 0 radical (unpaired) electrons. The van der Waals surface area contributed by atoms with Crippen molar-refractivity contribution >= 4 is 23.8 Å². The summed E-state index contributed by atoms with van der Waals surface area (Å²) in [5, 5.41) is 5.45. The van der Waals surface area contributed by atoms with E-state index in [9.17, 15) is 19.2 Å². The quantitative estimate of drug-likeness (QED) is 0.374. The number of unbranched alkanes of at least 4 members (excludes halogenated alkanes) is 1. The molecule has 0 aromatic heterocycles. The minimum absolute atomic E-state index is 0.320. The molecule has 0 aliphatic rings. The summed E-state index contributed by atoms with van der Waals surface area (Å²) in [6.07, 6.45) is 0.977. The zero-order valence-electron chi connectivity index (χ0n) is 23.1. The number of nitrogens with one attached hydrogen (secondary N) is 2. The topological polar surface area (TPSA) is 131 Å². The third kappa shape index (κ3) is 9.51. The van der Waals surface area contributed by atoms with E-state index in [1.54, 1.807) is 20.8 Å². The number of nitrogens with two attached hydrogens (primary N) is 1. The summed E-state index contributed by atoms with van der Waals surface area (Å²) in [7, 11) is 0. The van der Waals surface area contributed by atoms with Crippen molar-refractivity contribution in [2.45, 2.75) is 105 Å². The Morgan fingerprint density at radius 1 is 1.11 bits per heavy atom. The van der Waals surface area contributed by atoms with Crippen LogP contribution in [0.2, 0.25) is 0 Å². The fourth-order valence-corrected chi connectivity index (χ4v) is 3.86. The summed E-state index contributed by atoms with van der Waals surface area (Å²) < 4.78 is 5.30. The Hall–Kier alpha value is -3.10. The Morgan fingerprint density at radius 3 is 2.25 bits per heavy atom. The Kier molecular flexibility index (Phi) is 11.9. The van der Waals surface area contributed by atoms with Gasteiger partial charge in [-0.05, 0) is 65.5 Å². The van der Waals surface area contributed by atoms with Gasteiger partial charge in [-0.1, -0.05) is 44.0 Å². The summed E-state index contributed by atoms with van der Waals surface area (Å²) in [4.78, 5) is 53.4. The van der Waals surface area contributed by atoms with Crippen LogP contribution in [0.1, 0.15) is 90.0 Å². The lowest BCUT2D eigenvalue weighted by molar-refractivity contribution is -0.145. The molecule has 3 unspecified atom stereocenters. The molecule has 0 heterocycles. The number of carbonyl (C=O) groups is 4. The predicted molar refractivity (Wildman–Crippen MR) is 140 cm³/mol. The van der Waals surface area contributed by atoms with Gasteiger partial charge in [0.15, 0.2) is 0 Å². The highest BCUT2D eigenvalue weighted by molar-refractivity contribution is 5.94. The number of hydrogen-bond donors (Lipinski definition) is 3. The number of hydrogen-bond acceptors (Lipinski definition) is 5. The van der Waals surface area contributed by atoms with Gasteiger partial charge in [-0.15, -0.1) is 0 Å². The lowest BCUT2D eigenvalue weighted by atomic mass is 9.94. The Labute approximate surface area is 215 Å². The average Bonchev–Trinajstić information content (AvgIpc) is 2.75. The molecular formula is C27H44N4O5. The number of ether oxygens (including phenoxy) is 1. The van der Waals surface area contributed by atoms with Crippen LogP contribution in [-0.2, 0) is 19.1 Å². The third-order valence-corrected chi connectivity index (χ3v) is 5.79. The molecule has 0 saturated carbocycles. The van der Waals surface area contributed by atoms with E-state index in [2.05, 4.69) is 10.6 Å². The van der Waals surface area contributed by atoms with E-state index < -0.39 is 42.0 Å². The van der Waals surface area contributed by atoms with Gasteiger partial charge >= 0.3 is 6.09 Å². The van der Waals surface area contributed by atoms with Gasteiger partial charge in [0.25, 0.3) is 0 Å². The molecule has 36 heavy (non-hydrogen) atoms. The molecule has 0 aliphatic carbocycles. The van der Waals surface area contributed by atoms with Crippen molar-refractivity contribution in [2.75, 3.05) is 6.54 Å². The van der Waals surface area contributed by atoms with E-state index >= 15 is 0 Å². The van der Waals surface area contributed by atoms with Crippen LogP contribution in [0.15, 0.2) is 18.2 Å². The Bertz CT molecular complexity index is 925. The second kappa shape index (κ2) is 13.8. The molecule has 0 aliphatic heterocycles. The van der Waals surface area contributed by atoms with Gasteiger partial charge in [0.2, 0.25) is 17.7 Å². The fraction of sp³-hybridized carbons (Fsp3) is 0.630. The summed E-state index contributed by atoms with van der Waals surface area (Å²) in [6.45, 7) is 15.2. The van der Waals surface area contributed by atoms with Gasteiger partial charge in [0, 0.05) is 12.6 Å². The second-order valence-corrected chi connectivity index (χ2v) is 10.3. The molecule has 0 spiro atoms. The highest BCUT2D eigenvalue weighted by Gasteiger charge is 2.39. The first-order valence-corrected chi connectivity index (χ1v) is 12.7. The van der Waals surface area contributed by atoms with Crippen LogP contribution in [0.5, 0.6) is 0 Å². The minimum atomic E-state index is -1.29. The second-order valence-electron chi connectivity index (χ2n) is 10.3. The Balaban J connectivity index is 3.56. The van der Waals surface area contributed by atoms with Gasteiger partial charge in [-0.25, -0.2) is 4.79 Å². The van der Waals surface area contributed by atoms with Crippen LogP contribution < -0.4 is 16.4 Å². The van der Waals surface area contributed by atoms with Crippen LogP contribution in [0, 0.1) is 13.8 Å². The number of primary amides is 1. The average molecular weight is 505 g/mol. The van der Waals surface area contributed by atoms with Crippen molar-refractivity contribution in [3.05, 3.63) is 34.9 Å². The predicted octanol–water partition coefficient (Wildman–Crippen LogP) is 3.66. The smallest absolute Gasteiger partial charge is 0.408 e. The van der Waals surface area contributed by atoms with Crippen molar-refractivity contribution < 1.29 is 23.9 Å². The van der Waals surface area contributed by atoms with E-state index in [1.165, 1.54) is 4.90 Å². The number of benzene rings is 1. The lowest BCUT2D eigenvalue weighted by Gasteiger charge is -2.38. The van der Waals surface area contributed by atoms with Crippen molar-refractivity contribution in [3.63, 3.8) is 0 Å². The van der Waals surface area contributed by atoms with Crippen LogP contribution in [-0.4, -0.2) is 52.9 Å². The molecule has 3 atom stereocenters. The highest BCUT2D eigenvalue weighted by Crippen LogP contribution is 2.29. The van der Waals surface area contributed by atoms with Gasteiger partial charge in [0.05, 0.1) is 6.42 Å². The van der Waals surface area contributed by atoms with Crippen molar-refractivity contribution in [1.82, 2.24) is 15.5 Å². The number of amides is 4. The SMILES string of the molecule is CCCCNC(=O)C(c1ccc(C)cc1C)N(C(=O)C(CC(N)=O)NC(=O)OC(C)(C)C)C(C)CC. The Morgan fingerprint density at radius 2 is 1.75 bits per heavy atom. The van der Waals surface area contributed by atoms with Crippen LogP contribution in [0.3, 0.4) is 0 Å². The normalized spacial score (nSPS) is 13.8. The lowest BCUT2D eigenvalue weighted by Crippen LogP contribution is -2.56. The van der Waals surface area contributed by atoms with Crippen LogP contribution >= 0.6 is 0 Å². The van der Waals surface area contributed by atoms with Gasteiger partial charge in [0.1, 0.15) is 17.7 Å². The van der Waals surface area contributed by atoms with E-state index in [4.69, 9.17) is 10.5 Å². The number of carbonyl (C=O) groups excluding carboxylic acids is 4. The maximum absolute atomic E-state index is 14.0. The van der Waals surface area contributed by atoms with E-state index in [0.717, 1.165) is 24.0 Å². The molecule has 1 aromatic carbocycles. The molecular weight excluding hydrogens is 460 g/mol. The first-order chi connectivity index (χ1) is 16.7. The minimum Gasteiger partial charge on any atom is -0.444 e. The molecule has 0 bridgehead atoms. The first-order valence-electron chi connectivity index (χ1n) is 12.7. The maximum Gasteiger partial charge on any atom is 0.408 e. The largest absolute Gasteiger partial charge is 0.444 e. The van der Waals surface area contributed by atoms with Gasteiger partial charge < -0.3 is 26.0 Å². The molecule has 1 aromatic rings. The molecule has 0 fully saturated rings. The number of aryl methyl sites for hydroxylation is 2. The van der Waals surface area contributed by atoms with E-state index in [-0.39, 0.29) is 11.9 Å². The fourth-order valence-electron chi connectivity index (χ4n) is 3.86. The molecule has 9 heteroatoms. The molecule has 1 rings (SSSR count). The maximum atomic E-state index is 14.0. The summed E-state index contributed by atoms with van der Waals surface area (Å²) in [6, 6.07) is 3.08. The summed E-state index contributed by atoms with van der Waals surface area (Å²) in [5.41, 5.74) is 7.19. The van der Waals surface area contributed by atoms with Crippen molar-refractivity contribution in [3.8, 4) is 0 Å². The van der Waals surface area contributed by atoms with Crippen LogP contribution in [0.4, 0.5) is 4.79 Å². The molecule has 0 saturated heterocycles. The molecule has 4 amide bonds. The van der Waals surface area contributed by atoms with Gasteiger partial charge in [-0.3, -0.25) is 14.4 Å². The van der Waals surface area contributed by atoms with E-state index in [1.807, 2.05) is 52.8 Å².